The van der Waals surface area contributed by atoms with Gasteiger partial charge in [0, 0.05) is 0 Å². The van der Waals surface area contributed by atoms with Crippen molar-refractivity contribution in [3.8, 4) is 6.07 Å². The first-order valence-electron chi connectivity index (χ1n) is 4.21. The van der Waals surface area contributed by atoms with Gasteiger partial charge in [0.2, 0.25) is 0 Å². The number of hydrogen-bond acceptors (Lipinski definition) is 3. The van der Waals surface area contributed by atoms with Gasteiger partial charge in [0.05, 0.1) is 6.04 Å². The average Bonchev–Trinajstić information content (AvgIpc) is 2.75. The summed E-state index contributed by atoms with van der Waals surface area (Å²) in [5.74, 6) is 0.280. The van der Waals surface area contributed by atoms with Crippen LogP contribution in [0.1, 0.15) is 37.5 Å². The van der Waals surface area contributed by atoms with Crippen molar-refractivity contribution in [2.45, 2.75) is 31.7 Å². The number of hydrogen-bond donors (Lipinski definition) is 0. The first-order chi connectivity index (χ1) is 5.90. The number of nitriles is 1. The molecule has 0 aromatic carbocycles. The summed E-state index contributed by atoms with van der Waals surface area (Å²) in [6.45, 7) is 0. The Hall–Kier alpha value is -1.37. The smallest absolute Gasteiger partial charge is 0.249 e. The molecule has 4 nitrogen and oxygen atoms in total. The highest BCUT2D eigenvalue weighted by atomic mass is 15.3. The summed E-state index contributed by atoms with van der Waals surface area (Å²) >= 11 is 0. The minimum absolute atomic E-state index is 0.280. The molecule has 4 heteroatoms. The molecule has 0 amide bonds. The van der Waals surface area contributed by atoms with Gasteiger partial charge in [0.1, 0.15) is 12.4 Å². The van der Waals surface area contributed by atoms with Gasteiger partial charge in [-0.2, -0.15) is 5.26 Å². The number of aromatic nitrogens is 3. The summed E-state index contributed by atoms with van der Waals surface area (Å²) in [4.78, 5) is 3.87. The Kier molecular flexibility index (Phi) is 1.78. The lowest BCUT2D eigenvalue weighted by atomic mass is 10.3. The van der Waals surface area contributed by atoms with E-state index in [9.17, 15) is 0 Å². The Morgan fingerprint density at radius 1 is 1.50 bits per heavy atom. The van der Waals surface area contributed by atoms with E-state index in [4.69, 9.17) is 5.26 Å². The topological polar surface area (TPSA) is 54.5 Å². The highest BCUT2D eigenvalue weighted by Gasteiger charge is 2.17. The van der Waals surface area contributed by atoms with Crippen LogP contribution in [0.3, 0.4) is 0 Å². The lowest BCUT2D eigenvalue weighted by Gasteiger charge is -2.06. The standard InChI is InChI=1S/C8H10N4/c9-5-8-10-6-12(11-8)7-3-1-2-4-7/h6-7H,1-4H2. The second-order valence-corrected chi connectivity index (χ2v) is 3.10. The van der Waals surface area contributed by atoms with E-state index in [1.54, 1.807) is 6.33 Å². The van der Waals surface area contributed by atoms with Crippen LogP contribution < -0.4 is 0 Å². The van der Waals surface area contributed by atoms with Gasteiger partial charge in [-0.15, -0.1) is 5.10 Å². The van der Waals surface area contributed by atoms with Crippen LogP contribution in [0.4, 0.5) is 0 Å². The van der Waals surface area contributed by atoms with Crippen molar-refractivity contribution in [3.63, 3.8) is 0 Å². The molecule has 1 heterocycles. The predicted octanol–water partition coefficient (Wildman–Crippen LogP) is 1.26. The van der Waals surface area contributed by atoms with E-state index >= 15 is 0 Å². The second kappa shape index (κ2) is 2.94. The zero-order valence-electron chi connectivity index (χ0n) is 6.77. The molecule has 62 valence electrons. The lowest BCUT2D eigenvalue weighted by Crippen LogP contribution is -2.04. The molecule has 0 saturated heterocycles. The van der Waals surface area contributed by atoms with Crippen molar-refractivity contribution in [1.82, 2.24) is 14.8 Å². The minimum atomic E-state index is 0.280. The van der Waals surface area contributed by atoms with Crippen LogP contribution in [0.2, 0.25) is 0 Å². The van der Waals surface area contributed by atoms with Gasteiger partial charge in [0.15, 0.2) is 0 Å². The molecule has 0 spiro atoms. The van der Waals surface area contributed by atoms with Gasteiger partial charge in [-0.3, -0.25) is 0 Å². The van der Waals surface area contributed by atoms with Crippen molar-refractivity contribution in [2.24, 2.45) is 0 Å². The van der Waals surface area contributed by atoms with E-state index in [2.05, 4.69) is 10.1 Å². The molecular formula is C8H10N4. The number of rotatable bonds is 1. The van der Waals surface area contributed by atoms with Gasteiger partial charge in [-0.25, -0.2) is 9.67 Å². The van der Waals surface area contributed by atoms with Crippen LogP contribution in [0.15, 0.2) is 6.33 Å². The molecule has 2 rings (SSSR count). The maximum absolute atomic E-state index is 8.51. The van der Waals surface area contributed by atoms with Crippen LogP contribution in [0, 0.1) is 11.3 Å². The Morgan fingerprint density at radius 3 is 2.83 bits per heavy atom. The third kappa shape index (κ3) is 1.18. The predicted molar refractivity (Wildman–Crippen MR) is 42.2 cm³/mol. The summed E-state index contributed by atoms with van der Waals surface area (Å²) in [7, 11) is 0. The van der Waals surface area contributed by atoms with E-state index in [0.717, 1.165) is 0 Å². The minimum Gasteiger partial charge on any atom is -0.249 e. The molecule has 1 fully saturated rings. The Labute approximate surface area is 70.8 Å². The summed E-state index contributed by atoms with van der Waals surface area (Å²) in [5.41, 5.74) is 0. The highest BCUT2D eigenvalue weighted by molar-refractivity contribution is 5.05. The Morgan fingerprint density at radius 2 is 2.25 bits per heavy atom. The molecule has 1 saturated carbocycles. The van der Waals surface area contributed by atoms with Crippen LogP contribution >= 0.6 is 0 Å². The molecule has 1 aliphatic carbocycles. The molecule has 0 radical (unpaired) electrons. The normalized spacial score (nSPS) is 17.9. The van der Waals surface area contributed by atoms with Gasteiger partial charge in [-0.05, 0) is 12.8 Å². The molecule has 12 heavy (non-hydrogen) atoms. The first-order valence-corrected chi connectivity index (χ1v) is 4.21. The van der Waals surface area contributed by atoms with Crippen molar-refractivity contribution in [1.29, 1.82) is 5.26 Å². The monoisotopic (exact) mass is 162 g/mol. The van der Waals surface area contributed by atoms with E-state index in [0.29, 0.717) is 6.04 Å². The fourth-order valence-electron chi connectivity index (χ4n) is 1.67. The molecule has 0 N–H and O–H groups in total. The van der Waals surface area contributed by atoms with Gasteiger partial charge >= 0.3 is 0 Å². The maximum atomic E-state index is 8.51. The molecule has 1 aromatic heterocycles. The summed E-state index contributed by atoms with van der Waals surface area (Å²) < 4.78 is 1.82. The van der Waals surface area contributed by atoms with Gasteiger partial charge in [-0.1, -0.05) is 12.8 Å². The lowest BCUT2D eigenvalue weighted by molar-refractivity contribution is 0.465. The van der Waals surface area contributed by atoms with Gasteiger partial charge in [0.25, 0.3) is 5.82 Å². The summed E-state index contributed by atoms with van der Waals surface area (Å²) in [5, 5.41) is 12.6. The Bertz CT molecular complexity index is 303. The largest absolute Gasteiger partial charge is 0.252 e. The third-order valence-corrected chi connectivity index (χ3v) is 2.31. The van der Waals surface area contributed by atoms with E-state index in [-0.39, 0.29) is 5.82 Å². The van der Waals surface area contributed by atoms with Crippen molar-refractivity contribution in [2.75, 3.05) is 0 Å². The first kappa shape index (κ1) is 7.29. The van der Waals surface area contributed by atoms with E-state index in [1.165, 1.54) is 25.7 Å². The summed E-state index contributed by atoms with van der Waals surface area (Å²) in [6.07, 6.45) is 6.55. The van der Waals surface area contributed by atoms with Crippen molar-refractivity contribution in [3.05, 3.63) is 12.2 Å². The zero-order chi connectivity index (χ0) is 8.39. The van der Waals surface area contributed by atoms with Crippen LogP contribution in [-0.2, 0) is 0 Å². The fourth-order valence-corrected chi connectivity index (χ4v) is 1.67. The van der Waals surface area contributed by atoms with E-state index < -0.39 is 0 Å². The molecular weight excluding hydrogens is 152 g/mol. The molecule has 0 bridgehead atoms. The molecule has 1 aliphatic rings. The fraction of sp³-hybridized carbons (Fsp3) is 0.625. The average molecular weight is 162 g/mol. The summed E-state index contributed by atoms with van der Waals surface area (Å²) in [6, 6.07) is 2.41. The van der Waals surface area contributed by atoms with Crippen LogP contribution in [0.25, 0.3) is 0 Å². The van der Waals surface area contributed by atoms with Crippen molar-refractivity contribution < 1.29 is 0 Å². The highest BCUT2D eigenvalue weighted by Crippen LogP contribution is 2.28. The maximum Gasteiger partial charge on any atom is 0.252 e. The molecule has 1 aromatic rings. The van der Waals surface area contributed by atoms with E-state index in [1.807, 2.05) is 10.8 Å². The Balaban J connectivity index is 2.17. The third-order valence-electron chi connectivity index (χ3n) is 2.31. The second-order valence-electron chi connectivity index (χ2n) is 3.10. The number of nitrogens with zero attached hydrogens (tertiary/aromatic N) is 4. The van der Waals surface area contributed by atoms with Crippen LogP contribution in [0.5, 0.6) is 0 Å². The SMILES string of the molecule is N#Cc1ncn(C2CCCC2)n1. The molecule has 0 unspecified atom stereocenters. The van der Waals surface area contributed by atoms with Crippen molar-refractivity contribution >= 4 is 0 Å². The van der Waals surface area contributed by atoms with Crippen LogP contribution in [-0.4, -0.2) is 14.8 Å². The quantitative estimate of drug-likeness (QED) is 0.624. The zero-order valence-corrected chi connectivity index (χ0v) is 6.77. The molecule has 0 aliphatic heterocycles. The van der Waals surface area contributed by atoms with Gasteiger partial charge < -0.3 is 0 Å². The molecule has 0 atom stereocenters.